The molecule has 3 rings (SSSR count). The summed E-state index contributed by atoms with van der Waals surface area (Å²) >= 11 is 1.55. The number of anilines is 1. The third kappa shape index (κ3) is 3.96. The van der Waals surface area contributed by atoms with Crippen molar-refractivity contribution in [2.45, 2.75) is 59.8 Å². The third-order valence-electron chi connectivity index (χ3n) is 4.99. The number of aromatic nitrogens is 2. The highest BCUT2D eigenvalue weighted by molar-refractivity contribution is 7.16. The molecule has 1 atom stereocenters. The van der Waals surface area contributed by atoms with E-state index in [0.29, 0.717) is 34.6 Å². The first-order chi connectivity index (χ1) is 12.3. The van der Waals surface area contributed by atoms with Crippen LogP contribution in [0.1, 0.15) is 61.3 Å². The first-order valence-corrected chi connectivity index (χ1v) is 9.73. The molecule has 0 radical (unpaired) electrons. The Morgan fingerprint density at radius 2 is 2.23 bits per heavy atom. The Kier molecular flexibility index (Phi) is 5.15. The molecule has 2 aromatic heterocycles. The maximum Gasteiger partial charge on any atom is 0.227 e. The highest BCUT2D eigenvalue weighted by Crippen LogP contribution is 2.43. The average Bonchev–Trinajstić information content (AvgIpc) is 3.14. The number of carbonyl (C=O) groups excluding carboxylic acids is 1. The van der Waals surface area contributed by atoms with E-state index in [2.05, 4.69) is 42.3 Å². The van der Waals surface area contributed by atoms with Gasteiger partial charge in [-0.15, -0.1) is 11.3 Å². The molecule has 1 aliphatic carbocycles. The number of nitriles is 1. The lowest BCUT2D eigenvalue weighted by molar-refractivity contribution is -0.116. The van der Waals surface area contributed by atoms with Crippen LogP contribution in [0.4, 0.5) is 5.00 Å². The van der Waals surface area contributed by atoms with Gasteiger partial charge in [0.1, 0.15) is 11.1 Å². The molecule has 1 N–H and O–H groups in total. The summed E-state index contributed by atoms with van der Waals surface area (Å²) in [4.78, 5) is 17.6. The molecule has 26 heavy (non-hydrogen) atoms. The lowest BCUT2D eigenvalue weighted by Gasteiger charge is -2.33. The van der Waals surface area contributed by atoms with Gasteiger partial charge in [0.2, 0.25) is 11.8 Å². The summed E-state index contributed by atoms with van der Waals surface area (Å²) in [6.45, 7) is 8.55. The van der Waals surface area contributed by atoms with Gasteiger partial charge in [0.05, 0.1) is 5.56 Å². The van der Waals surface area contributed by atoms with E-state index >= 15 is 0 Å². The largest absolute Gasteiger partial charge is 0.339 e. The quantitative estimate of drug-likeness (QED) is 0.874. The normalized spacial score (nSPS) is 16.8. The van der Waals surface area contributed by atoms with Crippen LogP contribution in [-0.2, 0) is 24.1 Å². The molecule has 2 aromatic rings. The number of aryl methyl sites for hydroxylation is 2. The second-order valence-corrected chi connectivity index (χ2v) is 9.01. The Balaban J connectivity index is 1.70. The van der Waals surface area contributed by atoms with Gasteiger partial charge in [0.15, 0.2) is 5.82 Å². The van der Waals surface area contributed by atoms with Crippen LogP contribution in [0.5, 0.6) is 0 Å². The molecule has 7 heteroatoms. The summed E-state index contributed by atoms with van der Waals surface area (Å²) < 4.78 is 5.03. The Labute approximate surface area is 157 Å². The van der Waals surface area contributed by atoms with E-state index in [4.69, 9.17) is 4.52 Å². The first-order valence-electron chi connectivity index (χ1n) is 8.91. The number of rotatable bonds is 4. The van der Waals surface area contributed by atoms with Crippen LogP contribution in [0.2, 0.25) is 0 Å². The van der Waals surface area contributed by atoms with Crippen LogP contribution in [0, 0.1) is 29.6 Å². The molecular formula is C19H24N4O2S. The fourth-order valence-corrected chi connectivity index (χ4v) is 4.68. The number of carbonyl (C=O) groups is 1. The second kappa shape index (κ2) is 7.20. The standard InChI is InChI=1S/C19H24N4O2S/c1-11-21-17(25-23-11)8-7-16(24)22-18-14(10-20)13-6-5-12(19(2,3)4)9-15(13)26-18/h12H,5-9H2,1-4H3,(H,22,24). The number of fused-ring (bicyclic) bond motifs is 1. The Hall–Kier alpha value is -2.20. The van der Waals surface area contributed by atoms with E-state index < -0.39 is 0 Å². The highest BCUT2D eigenvalue weighted by Gasteiger charge is 2.32. The van der Waals surface area contributed by atoms with Gasteiger partial charge < -0.3 is 9.84 Å². The molecule has 138 valence electrons. The minimum Gasteiger partial charge on any atom is -0.339 e. The van der Waals surface area contributed by atoms with E-state index in [1.807, 2.05) is 0 Å². The predicted molar refractivity (Wildman–Crippen MR) is 100.0 cm³/mol. The molecule has 1 unspecified atom stereocenters. The zero-order chi connectivity index (χ0) is 18.9. The Bertz CT molecular complexity index is 854. The van der Waals surface area contributed by atoms with Crippen molar-refractivity contribution in [2.75, 3.05) is 5.32 Å². The number of hydrogen-bond donors (Lipinski definition) is 1. The Morgan fingerprint density at radius 3 is 2.85 bits per heavy atom. The van der Waals surface area contributed by atoms with E-state index in [1.54, 1.807) is 18.3 Å². The summed E-state index contributed by atoms with van der Waals surface area (Å²) in [5.74, 6) is 1.48. The molecule has 6 nitrogen and oxygen atoms in total. The first kappa shape index (κ1) is 18.6. The van der Waals surface area contributed by atoms with Crippen molar-refractivity contribution in [2.24, 2.45) is 11.3 Å². The molecule has 1 amide bonds. The van der Waals surface area contributed by atoms with Gasteiger partial charge >= 0.3 is 0 Å². The third-order valence-corrected chi connectivity index (χ3v) is 6.16. The van der Waals surface area contributed by atoms with Gasteiger partial charge in [-0.3, -0.25) is 4.79 Å². The fraction of sp³-hybridized carbons (Fsp3) is 0.579. The molecule has 1 aliphatic rings. The summed E-state index contributed by atoms with van der Waals surface area (Å²) in [7, 11) is 0. The van der Waals surface area contributed by atoms with Gasteiger partial charge in [0.25, 0.3) is 0 Å². The number of thiophene rings is 1. The van der Waals surface area contributed by atoms with Crippen LogP contribution >= 0.6 is 11.3 Å². The van der Waals surface area contributed by atoms with E-state index in [-0.39, 0.29) is 17.7 Å². The van der Waals surface area contributed by atoms with Crippen LogP contribution in [-0.4, -0.2) is 16.0 Å². The van der Waals surface area contributed by atoms with Gasteiger partial charge in [-0.25, -0.2) is 0 Å². The van der Waals surface area contributed by atoms with Crippen molar-refractivity contribution in [1.82, 2.24) is 10.1 Å². The number of hydrogen-bond acceptors (Lipinski definition) is 6. The van der Waals surface area contributed by atoms with E-state index in [0.717, 1.165) is 24.8 Å². The minimum atomic E-state index is -0.136. The molecule has 0 fully saturated rings. The van der Waals surface area contributed by atoms with Crippen LogP contribution in [0.25, 0.3) is 0 Å². The summed E-state index contributed by atoms with van der Waals surface area (Å²) in [5, 5.41) is 16.9. The molecule has 0 spiro atoms. The van der Waals surface area contributed by atoms with Gasteiger partial charge in [-0.2, -0.15) is 10.2 Å². The van der Waals surface area contributed by atoms with Crippen molar-refractivity contribution in [3.05, 3.63) is 27.7 Å². The van der Waals surface area contributed by atoms with Gasteiger partial charge in [-0.1, -0.05) is 25.9 Å². The SMILES string of the molecule is Cc1noc(CCC(=O)Nc2sc3c(c2C#N)CCC(C(C)(C)C)C3)n1. The monoisotopic (exact) mass is 372 g/mol. The smallest absolute Gasteiger partial charge is 0.227 e. The minimum absolute atomic E-state index is 0.136. The van der Waals surface area contributed by atoms with Crippen LogP contribution < -0.4 is 5.32 Å². The van der Waals surface area contributed by atoms with Crippen molar-refractivity contribution < 1.29 is 9.32 Å². The lowest BCUT2D eigenvalue weighted by atomic mass is 9.72. The van der Waals surface area contributed by atoms with Crippen molar-refractivity contribution in [3.8, 4) is 6.07 Å². The van der Waals surface area contributed by atoms with Crippen LogP contribution in [0.15, 0.2) is 4.52 Å². The topological polar surface area (TPSA) is 91.8 Å². The summed E-state index contributed by atoms with van der Waals surface area (Å²) in [5.41, 5.74) is 2.01. The zero-order valence-electron chi connectivity index (χ0n) is 15.7. The lowest BCUT2D eigenvalue weighted by Crippen LogP contribution is -2.26. The highest BCUT2D eigenvalue weighted by atomic mass is 32.1. The summed E-state index contributed by atoms with van der Waals surface area (Å²) in [6.07, 6.45) is 3.63. The number of amides is 1. The molecular weight excluding hydrogens is 348 g/mol. The maximum atomic E-state index is 12.3. The molecule has 2 heterocycles. The molecule has 0 aliphatic heterocycles. The average molecular weight is 372 g/mol. The second-order valence-electron chi connectivity index (χ2n) is 7.91. The Morgan fingerprint density at radius 1 is 1.46 bits per heavy atom. The van der Waals surface area contributed by atoms with E-state index in [1.165, 1.54) is 4.88 Å². The molecule has 0 aromatic carbocycles. The molecule has 0 saturated carbocycles. The summed E-state index contributed by atoms with van der Waals surface area (Å²) in [6, 6.07) is 2.29. The number of nitrogens with one attached hydrogen (secondary N) is 1. The van der Waals surface area contributed by atoms with Crippen molar-refractivity contribution >= 4 is 22.2 Å². The maximum absolute atomic E-state index is 12.3. The molecule has 0 saturated heterocycles. The van der Waals surface area contributed by atoms with Crippen LogP contribution in [0.3, 0.4) is 0 Å². The van der Waals surface area contributed by atoms with Gasteiger partial charge in [0, 0.05) is 17.7 Å². The molecule has 0 bridgehead atoms. The predicted octanol–water partition coefficient (Wildman–Crippen LogP) is 4.03. The van der Waals surface area contributed by atoms with Gasteiger partial charge in [-0.05, 0) is 43.1 Å². The fourth-order valence-electron chi connectivity index (χ4n) is 3.38. The van der Waals surface area contributed by atoms with Crippen molar-refractivity contribution in [1.29, 1.82) is 5.26 Å². The zero-order valence-corrected chi connectivity index (χ0v) is 16.5. The van der Waals surface area contributed by atoms with Crippen molar-refractivity contribution in [3.63, 3.8) is 0 Å². The number of nitrogens with zero attached hydrogens (tertiary/aromatic N) is 3. The van der Waals surface area contributed by atoms with E-state index in [9.17, 15) is 10.1 Å².